The quantitative estimate of drug-likeness (QED) is 0.230. The molecule has 0 N–H and O–H groups in total. The van der Waals surface area contributed by atoms with E-state index >= 15 is 0 Å². The van der Waals surface area contributed by atoms with Crippen molar-refractivity contribution in [1.82, 2.24) is 0 Å². The number of para-hydroxylation sites is 4. The molecule has 0 amide bonds. The van der Waals surface area contributed by atoms with Crippen molar-refractivity contribution in [2.24, 2.45) is 0 Å². The number of hydrogen-bond acceptors (Lipinski definition) is 4. The molecule has 168 valence electrons. The summed E-state index contributed by atoms with van der Waals surface area (Å²) in [6.45, 7) is 2.06. The van der Waals surface area contributed by atoms with Crippen LogP contribution in [0, 0.1) is 0 Å². The van der Waals surface area contributed by atoms with Crippen LogP contribution in [0.3, 0.4) is 0 Å². The van der Waals surface area contributed by atoms with Crippen LogP contribution in [-0.2, 0) is 13.2 Å². The highest BCUT2D eigenvalue weighted by atomic mass is 16.5. The Morgan fingerprint density at radius 3 is 1.09 bits per heavy atom. The van der Waals surface area contributed by atoms with Gasteiger partial charge in [-0.2, -0.15) is 0 Å². The molecule has 4 aromatic carbocycles. The van der Waals surface area contributed by atoms with Crippen LogP contribution in [0.4, 0.5) is 0 Å². The average molecular weight is 441 g/mol. The van der Waals surface area contributed by atoms with Crippen molar-refractivity contribution in [2.75, 3.05) is 13.2 Å². The fourth-order valence-corrected chi connectivity index (χ4v) is 3.27. The smallest absolute Gasteiger partial charge is 0.161 e. The molecular formula is C29H28O4. The summed E-state index contributed by atoms with van der Waals surface area (Å²) in [4.78, 5) is 0. The SMILES string of the molecule is c1ccc(COc2ccccc2OCCCOc2ccccc2OCc2ccccc2)cc1. The molecule has 0 saturated heterocycles. The molecule has 4 rings (SSSR count). The van der Waals surface area contributed by atoms with Gasteiger partial charge in [-0.3, -0.25) is 0 Å². The molecule has 0 aromatic heterocycles. The summed E-state index contributed by atoms with van der Waals surface area (Å²) in [7, 11) is 0. The highest BCUT2D eigenvalue weighted by molar-refractivity contribution is 5.40. The second-order valence-electron chi connectivity index (χ2n) is 7.49. The Kier molecular flexibility index (Phi) is 8.24. The molecule has 0 saturated carbocycles. The Bertz CT molecular complexity index is 1010. The van der Waals surface area contributed by atoms with Gasteiger partial charge in [-0.1, -0.05) is 84.9 Å². The molecule has 0 radical (unpaired) electrons. The predicted octanol–water partition coefficient (Wildman–Crippen LogP) is 6.69. The van der Waals surface area contributed by atoms with Crippen molar-refractivity contribution in [1.29, 1.82) is 0 Å². The molecule has 33 heavy (non-hydrogen) atoms. The van der Waals surface area contributed by atoms with Gasteiger partial charge in [0, 0.05) is 6.42 Å². The average Bonchev–Trinajstić information content (AvgIpc) is 2.88. The lowest BCUT2D eigenvalue weighted by Gasteiger charge is -2.14. The summed E-state index contributed by atoms with van der Waals surface area (Å²) in [6.07, 6.45) is 0.736. The van der Waals surface area contributed by atoms with E-state index in [9.17, 15) is 0 Å². The van der Waals surface area contributed by atoms with E-state index in [0.29, 0.717) is 26.4 Å². The third-order valence-corrected chi connectivity index (χ3v) is 4.98. The maximum Gasteiger partial charge on any atom is 0.161 e. The van der Waals surface area contributed by atoms with Gasteiger partial charge in [-0.05, 0) is 35.4 Å². The Morgan fingerprint density at radius 1 is 0.364 bits per heavy atom. The van der Waals surface area contributed by atoms with Crippen LogP contribution in [0.25, 0.3) is 0 Å². The van der Waals surface area contributed by atoms with E-state index in [1.54, 1.807) is 0 Å². The van der Waals surface area contributed by atoms with Gasteiger partial charge in [0.15, 0.2) is 23.0 Å². The topological polar surface area (TPSA) is 36.9 Å². The normalized spacial score (nSPS) is 10.4. The zero-order chi connectivity index (χ0) is 22.6. The molecule has 0 fully saturated rings. The molecule has 0 aliphatic carbocycles. The van der Waals surface area contributed by atoms with E-state index in [4.69, 9.17) is 18.9 Å². The Balaban J connectivity index is 1.23. The Labute approximate surface area is 195 Å². The number of ether oxygens (including phenoxy) is 4. The third kappa shape index (κ3) is 7.04. The lowest BCUT2D eigenvalue weighted by Crippen LogP contribution is -2.07. The fourth-order valence-electron chi connectivity index (χ4n) is 3.27. The molecule has 0 heterocycles. The van der Waals surface area contributed by atoms with Crippen LogP contribution in [-0.4, -0.2) is 13.2 Å². The molecule has 0 spiro atoms. The van der Waals surface area contributed by atoms with Gasteiger partial charge in [0.1, 0.15) is 13.2 Å². The van der Waals surface area contributed by atoms with E-state index in [-0.39, 0.29) is 0 Å². The second-order valence-corrected chi connectivity index (χ2v) is 7.49. The minimum atomic E-state index is 0.504. The first-order chi connectivity index (χ1) is 16.4. The summed E-state index contributed by atoms with van der Waals surface area (Å²) in [5.74, 6) is 2.95. The fraction of sp³-hybridized carbons (Fsp3) is 0.172. The number of hydrogen-bond donors (Lipinski definition) is 0. The van der Waals surface area contributed by atoms with Gasteiger partial charge < -0.3 is 18.9 Å². The molecule has 0 aliphatic rings. The van der Waals surface area contributed by atoms with E-state index in [2.05, 4.69) is 0 Å². The first kappa shape index (κ1) is 22.3. The summed E-state index contributed by atoms with van der Waals surface area (Å²) >= 11 is 0. The van der Waals surface area contributed by atoms with Gasteiger partial charge in [0.25, 0.3) is 0 Å². The van der Waals surface area contributed by atoms with Gasteiger partial charge in [0.05, 0.1) is 13.2 Å². The predicted molar refractivity (Wildman–Crippen MR) is 130 cm³/mol. The molecule has 0 atom stereocenters. The standard InChI is InChI=1S/C29H28O4/c1-3-12-24(13-4-1)22-32-28-18-9-7-16-26(28)30-20-11-21-31-27-17-8-10-19-29(27)33-23-25-14-5-2-6-15-25/h1-10,12-19H,11,20-23H2. The lowest BCUT2D eigenvalue weighted by atomic mass is 10.2. The van der Waals surface area contributed by atoms with E-state index < -0.39 is 0 Å². The van der Waals surface area contributed by atoms with Crippen LogP contribution in [0.15, 0.2) is 109 Å². The molecule has 0 bridgehead atoms. The maximum absolute atomic E-state index is 5.96. The van der Waals surface area contributed by atoms with Crippen molar-refractivity contribution in [3.63, 3.8) is 0 Å². The zero-order valence-electron chi connectivity index (χ0n) is 18.6. The lowest BCUT2D eigenvalue weighted by molar-refractivity contribution is 0.222. The molecule has 4 nitrogen and oxygen atoms in total. The van der Waals surface area contributed by atoms with Crippen molar-refractivity contribution in [2.45, 2.75) is 19.6 Å². The minimum absolute atomic E-state index is 0.504. The van der Waals surface area contributed by atoms with Crippen molar-refractivity contribution >= 4 is 0 Å². The van der Waals surface area contributed by atoms with E-state index in [1.165, 1.54) is 0 Å². The molecule has 4 aromatic rings. The first-order valence-electron chi connectivity index (χ1n) is 11.2. The summed E-state index contributed by atoms with van der Waals surface area (Å²) in [5, 5.41) is 0. The van der Waals surface area contributed by atoms with Gasteiger partial charge in [0.2, 0.25) is 0 Å². The number of rotatable bonds is 12. The van der Waals surface area contributed by atoms with Crippen LogP contribution in [0.2, 0.25) is 0 Å². The van der Waals surface area contributed by atoms with Gasteiger partial charge in [-0.25, -0.2) is 0 Å². The highest BCUT2D eigenvalue weighted by Gasteiger charge is 2.07. The first-order valence-corrected chi connectivity index (χ1v) is 11.2. The van der Waals surface area contributed by atoms with Crippen LogP contribution >= 0.6 is 0 Å². The zero-order valence-corrected chi connectivity index (χ0v) is 18.6. The summed E-state index contributed by atoms with van der Waals surface area (Å²) in [6, 6.07) is 35.7. The van der Waals surface area contributed by atoms with Crippen molar-refractivity contribution < 1.29 is 18.9 Å². The van der Waals surface area contributed by atoms with Crippen LogP contribution in [0.1, 0.15) is 17.5 Å². The van der Waals surface area contributed by atoms with Crippen molar-refractivity contribution in [3.05, 3.63) is 120 Å². The summed E-state index contributed by atoms with van der Waals surface area (Å²) in [5.41, 5.74) is 2.24. The van der Waals surface area contributed by atoms with E-state index in [0.717, 1.165) is 40.5 Å². The van der Waals surface area contributed by atoms with E-state index in [1.807, 2.05) is 109 Å². The monoisotopic (exact) mass is 440 g/mol. The highest BCUT2D eigenvalue weighted by Crippen LogP contribution is 2.29. The Hall–Kier alpha value is -3.92. The van der Waals surface area contributed by atoms with Gasteiger partial charge >= 0.3 is 0 Å². The van der Waals surface area contributed by atoms with Crippen LogP contribution in [0.5, 0.6) is 23.0 Å². The van der Waals surface area contributed by atoms with Crippen LogP contribution < -0.4 is 18.9 Å². The second kappa shape index (κ2) is 12.2. The molecule has 0 aliphatic heterocycles. The van der Waals surface area contributed by atoms with Gasteiger partial charge in [-0.15, -0.1) is 0 Å². The molecule has 4 heteroatoms. The minimum Gasteiger partial charge on any atom is -0.490 e. The van der Waals surface area contributed by atoms with Crippen molar-refractivity contribution in [3.8, 4) is 23.0 Å². The maximum atomic E-state index is 5.96. The third-order valence-electron chi connectivity index (χ3n) is 4.98. The number of benzene rings is 4. The summed E-state index contributed by atoms with van der Waals surface area (Å²) < 4.78 is 23.8. The Morgan fingerprint density at radius 2 is 0.697 bits per heavy atom. The molecular weight excluding hydrogens is 412 g/mol. The largest absolute Gasteiger partial charge is 0.490 e. The molecule has 0 unspecified atom stereocenters.